The maximum atomic E-state index is 14.1. The number of carboxylic acids is 1. The van der Waals surface area contributed by atoms with Gasteiger partial charge >= 0.3 is 5.97 Å². The fourth-order valence-electron chi connectivity index (χ4n) is 6.37. The smallest absolute Gasteiger partial charge is 0.308 e. The van der Waals surface area contributed by atoms with Crippen LogP contribution in [0.3, 0.4) is 0 Å². The molecule has 0 radical (unpaired) electrons. The van der Waals surface area contributed by atoms with E-state index < -0.39 is 34.1 Å². The second-order valence-corrected chi connectivity index (χ2v) is 12.5. The molecule has 3 saturated heterocycles. The summed E-state index contributed by atoms with van der Waals surface area (Å²) in [7, 11) is 0. The van der Waals surface area contributed by atoms with Crippen LogP contribution in [0.2, 0.25) is 0 Å². The lowest BCUT2D eigenvalue weighted by Crippen LogP contribution is -2.60. The molecular formula is C23H36N2O5S. The molecule has 0 aromatic rings. The molecule has 7 nitrogen and oxygen atoms in total. The summed E-state index contributed by atoms with van der Waals surface area (Å²) < 4.78 is -0.742. The largest absolute Gasteiger partial charge is 0.481 e. The molecule has 174 valence electrons. The number of aliphatic carboxylic acids is 1. The van der Waals surface area contributed by atoms with Gasteiger partial charge in [0.25, 0.3) is 0 Å². The van der Waals surface area contributed by atoms with Gasteiger partial charge in [0.15, 0.2) is 0 Å². The number of fused-ring (bicyclic) bond motifs is 1. The van der Waals surface area contributed by atoms with Crippen LogP contribution in [-0.4, -0.2) is 79.1 Å². The van der Waals surface area contributed by atoms with E-state index in [0.717, 1.165) is 6.42 Å². The van der Waals surface area contributed by atoms with Crippen LogP contribution in [0.25, 0.3) is 0 Å². The maximum Gasteiger partial charge on any atom is 0.308 e. The number of carbonyl (C=O) groups is 3. The molecule has 8 heteroatoms. The summed E-state index contributed by atoms with van der Waals surface area (Å²) in [6.07, 6.45) is 3.78. The Morgan fingerprint density at radius 3 is 2.48 bits per heavy atom. The molecule has 3 aliphatic heterocycles. The predicted octanol–water partition coefficient (Wildman–Crippen LogP) is 2.38. The summed E-state index contributed by atoms with van der Waals surface area (Å²) in [6, 6.07) is -0.768. The Morgan fingerprint density at radius 1 is 1.32 bits per heavy atom. The van der Waals surface area contributed by atoms with Gasteiger partial charge in [0.1, 0.15) is 6.04 Å². The first-order valence-corrected chi connectivity index (χ1v) is 11.9. The SMILES string of the molecule is C=CCN(C(=O)C1N(CCO)C(=O)[C@@H]2[C@@H](C(=O)O)[C@H]3CCC12S3)C(C)(C)CC(C)(C)C. The van der Waals surface area contributed by atoms with Crippen molar-refractivity contribution in [3.63, 3.8) is 0 Å². The zero-order valence-electron chi connectivity index (χ0n) is 19.3. The number of rotatable bonds is 8. The first kappa shape index (κ1) is 24.1. The lowest BCUT2D eigenvalue weighted by Gasteiger charge is -2.45. The van der Waals surface area contributed by atoms with Gasteiger partial charge in [-0.15, -0.1) is 18.3 Å². The van der Waals surface area contributed by atoms with Gasteiger partial charge in [-0.2, -0.15) is 0 Å². The van der Waals surface area contributed by atoms with Crippen LogP contribution in [0.4, 0.5) is 0 Å². The van der Waals surface area contributed by atoms with Gasteiger partial charge in [-0.05, 0) is 38.5 Å². The fourth-order valence-corrected chi connectivity index (χ4v) is 8.57. The number of amides is 2. The van der Waals surface area contributed by atoms with Gasteiger partial charge in [-0.25, -0.2) is 0 Å². The zero-order chi connectivity index (χ0) is 23.4. The molecule has 0 aliphatic carbocycles. The Labute approximate surface area is 189 Å². The van der Waals surface area contributed by atoms with Crippen molar-refractivity contribution in [1.29, 1.82) is 0 Å². The molecule has 0 saturated carbocycles. The van der Waals surface area contributed by atoms with Crippen molar-refractivity contribution in [2.45, 2.75) is 75.5 Å². The van der Waals surface area contributed by atoms with Crippen molar-refractivity contribution in [3.8, 4) is 0 Å². The number of nitrogens with zero attached hydrogens (tertiary/aromatic N) is 2. The molecule has 31 heavy (non-hydrogen) atoms. The molecule has 3 rings (SSSR count). The molecule has 1 spiro atoms. The average Bonchev–Trinajstić information content (AvgIpc) is 3.25. The van der Waals surface area contributed by atoms with E-state index in [4.69, 9.17) is 0 Å². The normalized spacial score (nSPS) is 32.3. The van der Waals surface area contributed by atoms with E-state index in [1.165, 1.54) is 16.7 Å². The Kier molecular flexibility index (Phi) is 6.30. The average molecular weight is 453 g/mol. The van der Waals surface area contributed by atoms with Crippen molar-refractivity contribution < 1.29 is 24.6 Å². The quantitative estimate of drug-likeness (QED) is 0.549. The summed E-state index contributed by atoms with van der Waals surface area (Å²) in [6.45, 7) is 14.4. The molecule has 2 bridgehead atoms. The third-order valence-corrected chi connectivity index (χ3v) is 8.88. The molecule has 0 aromatic heterocycles. The van der Waals surface area contributed by atoms with Crippen LogP contribution in [0.5, 0.6) is 0 Å². The zero-order valence-corrected chi connectivity index (χ0v) is 20.1. The summed E-state index contributed by atoms with van der Waals surface area (Å²) in [5, 5.41) is 19.3. The summed E-state index contributed by atoms with van der Waals surface area (Å²) in [5.74, 6) is -2.93. The van der Waals surface area contributed by atoms with Crippen molar-refractivity contribution in [1.82, 2.24) is 9.80 Å². The highest BCUT2D eigenvalue weighted by molar-refractivity contribution is 8.02. The predicted molar refractivity (Wildman–Crippen MR) is 121 cm³/mol. The van der Waals surface area contributed by atoms with Crippen molar-refractivity contribution in [2.24, 2.45) is 17.3 Å². The number of carbonyl (C=O) groups excluding carboxylic acids is 2. The van der Waals surface area contributed by atoms with Crippen molar-refractivity contribution in [2.75, 3.05) is 19.7 Å². The number of thioether (sulfide) groups is 1. The van der Waals surface area contributed by atoms with E-state index in [1.54, 1.807) is 11.0 Å². The van der Waals surface area contributed by atoms with Crippen molar-refractivity contribution >= 4 is 29.5 Å². The highest BCUT2D eigenvalue weighted by Gasteiger charge is 2.74. The molecule has 2 amide bonds. The highest BCUT2D eigenvalue weighted by atomic mass is 32.2. The van der Waals surface area contributed by atoms with Gasteiger partial charge < -0.3 is 20.0 Å². The molecule has 5 atom stereocenters. The molecule has 3 aliphatic rings. The summed E-state index contributed by atoms with van der Waals surface area (Å²) >= 11 is 1.52. The number of hydrogen-bond acceptors (Lipinski definition) is 5. The second-order valence-electron chi connectivity index (χ2n) is 10.9. The minimum absolute atomic E-state index is 0.0186. The molecule has 3 fully saturated rings. The molecule has 2 unspecified atom stereocenters. The van der Waals surface area contributed by atoms with Crippen LogP contribution in [0, 0.1) is 17.3 Å². The second kappa shape index (κ2) is 8.10. The Bertz CT molecular complexity index is 776. The van der Waals surface area contributed by atoms with Crippen LogP contribution in [0.15, 0.2) is 12.7 Å². The lowest BCUT2D eigenvalue weighted by molar-refractivity contribution is -0.149. The maximum absolute atomic E-state index is 14.1. The van der Waals surface area contributed by atoms with Crippen molar-refractivity contribution in [3.05, 3.63) is 12.7 Å². The van der Waals surface area contributed by atoms with E-state index in [2.05, 4.69) is 27.4 Å². The van der Waals surface area contributed by atoms with E-state index in [9.17, 15) is 24.6 Å². The topological polar surface area (TPSA) is 98.2 Å². The van der Waals surface area contributed by atoms with Crippen LogP contribution in [-0.2, 0) is 14.4 Å². The van der Waals surface area contributed by atoms with Crippen LogP contribution in [0.1, 0.15) is 53.9 Å². The molecule has 0 aromatic carbocycles. The molecule has 2 N–H and O–H groups in total. The Morgan fingerprint density at radius 2 is 1.97 bits per heavy atom. The van der Waals surface area contributed by atoms with Crippen LogP contribution >= 0.6 is 11.8 Å². The Hall–Kier alpha value is -1.54. The third-order valence-electron chi connectivity index (χ3n) is 6.93. The van der Waals surface area contributed by atoms with E-state index >= 15 is 0 Å². The minimum Gasteiger partial charge on any atom is -0.481 e. The third kappa shape index (κ3) is 3.90. The van der Waals surface area contributed by atoms with Gasteiger partial charge in [0.05, 0.1) is 23.2 Å². The number of aliphatic hydroxyl groups excluding tert-OH is 1. The summed E-state index contributed by atoms with van der Waals surface area (Å²) in [5.41, 5.74) is -0.505. The van der Waals surface area contributed by atoms with Gasteiger partial charge in [-0.1, -0.05) is 26.8 Å². The highest BCUT2D eigenvalue weighted by Crippen LogP contribution is 2.66. The first-order chi connectivity index (χ1) is 14.3. The van der Waals surface area contributed by atoms with Gasteiger partial charge in [0.2, 0.25) is 11.8 Å². The Balaban J connectivity index is 2.05. The minimum atomic E-state index is -0.967. The number of likely N-dealkylation sites (tertiary alicyclic amines) is 1. The number of aliphatic hydroxyl groups is 1. The molecular weight excluding hydrogens is 416 g/mol. The number of hydrogen-bond donors (Lipinski definition) is 2. The number of β-amino-alcohol motifs (C(OH)–C–C–N with tert-alkyl or cyclic N) is 1. The summed E-state index contributed by atoms with van der Waals surface area (Å²) in [4.78, 5) is 42.8. The first-order valence-electron chi connectivity index (χ1n) is 11.0. The van der Waals surface area contributed by atoms with Crippen LogP contribution < -0.4 is 0 Å². The monoisotopic (exact) mass is 452 g/mol. The number of carboxylic acid groups (broad SMARTS) is 1. The molecule has 3 heterocycles. The van der Waals surface area contributed by atoms with E-state index in [-0.39, 0.29) is 35.6 Å². The van der Waals surface area contributed by atoms with Gasteiger partial charge in [-0.3, -0.25) is 14.4 Å². The van der Waals surface area contributed by atoms with Gasteiger partial charge in [0, 0.05) is 23.9 Å². The van der Waals surface area contributed by atoms with E-state index in [0.29, 0.717) is 19.4 Å². The van der Waals surface area contributed by atoms with E-state index in [1.807, 2.05) is 13.8 Å². The lowest BCUT2D eigenvalue weighted by atomic mass is 9.71. The fraction of sp³-hybridized carbons (Fsp3) is 0.783. The standard InChI is InChI=1S/C23H36N2O5S/c1-7-10-25(22(5,6)13-21(2,3)4)19(28)17-23-9-8-14(31-23)15(20(29)30)16(23)18(27)24(17)11-12-26/h7,14-17,26H,1,8-13H2,2-6H3,(H,29,30)/t14-,15+,16+,17?,23?/m1/s1.